The monoisotopic (exact) mass is 826 g/mol. The summed E-state index contributed by atoms with van der Waals surface area (Å²) in [6, 6.07) is -40.1. The number of fused-ring (bicyclic) bond motifs is 6. The van der Waals surface area contributed by atoms with Crippen molar-refractivity contribution in [3.8, 4) is 23.3 Å². The van der Waals surface area contributed by atoms with Gasteiger partial charge in [0.2, 0.25) is 0 Å². The van der Waals surface area contributed by atoms with Crippen molar-refractivity contribution in [2.75, 3.05) is 0 Å². The average molecular weight is 826 g/mol. The topological polar surface area (TPSA) is 48.5 Å². The van der Waals surface area contributed by atoms with Gasteiger partial charge in [-0.2, -0.15) is 0 Å². The van der Waals surface area contributed by atoms with Gasteiger partial charge in [0.25, 0.3) is 0 Å². The second-order valence-electron chi connectivity index (χ2n) is 11.8. The SMILES string of the molecule is [2H]c1c([2H])c([2H])[c]([Ge]([c]2c([2H])c([2H])c([2H])c([2H])c2[2H])([c]2c([2H])c([2H])c([2H])c([2H])c2[2H])[c]2c([2H])c([2H])c([2H])c(-c3nc(-n4c5c([2H])c([2H])c([2H])c([2H])c5c5c([2H])c([2H])c([2H])c([2H])c54)nc(-n4c5c([2H])c([2H])c([2H])c([2H])c5c5c([2H])c([2H])c([2H])c([2H])c54)n3)c2[2H])c([2H])c1[2H]. The fourth-order valence-electron chi connectivity index (χ4n) is 6.61. The van der Waals surface area contributed by atoms with Crippen LogP contribution in [0.5, 0.6) is 0 Å². The molecule has 5 nitrogen and oxygen atoms in total. The molecule has 0 atom stereocenters. The van der Waals surface area contributed by atoms with Crippen LogP contribution in [0.3, 0.4) is 0 Å². The zero-order chi connectivity index (χ0) is 68.2. The Labute approximate surface area is 381 Å². The summed E-state index contributed by atoms with van der Waals surface area (Å²) in [5, 5.41) is -2.47. The van der Waals surface area contributed by atoms with Crippen molar-refractivity contribution in [3.05, 3.63) is 211 Å². The third-order valence-corrected chi connectivity index (χ3v) is 17.3. The molecule has 3 heterocycles. The number of rotatable bonds is 7. The van der Waals surface area contributed by atoms with E-state index in [1.54, 1.807) is 0 Å². The number of hydrogen-bond donors (Lipinski definition) is 0. The maximum atomic E-state index is 10.6. The summed E-state index contributed by atoms with van der Waals surface area (Å²) in [6.45, 7) is 0. The van der Waals surface area contributed by atoms with Gasteiger partial charge in [0, 0.05) is 0 Å². The van der Waals surface area contributed by atoms with Crippen LogP contribution in [-0.4, -0.2) is 37.4 Å². The zero-order valence-electron chi connectivity index (χ0n) is 63.2. The third kappa shape index (κ3) is 5.27. The van der Waals surface area contributed by atoms with Gasteiger partial charge in [-0.3, -0.25) is 0 Å². The van der Waals surface area contributed by atoms with Crippen molar-refractivity contribution in [2.24, 2.45) is 0 Å². The number of hydrogen-bond acceptors (Lipinski definition) is 3. The molecule has 0 fully saturated rings. The maximum absolute atomic E-state index is 10.6. The fourth-order valence-corrected chi connectivity index (χ4v) is 14.1. The first kappa shape index (κ1) is 13.3. The predicted molar refractivity (Wildman–Crippen MR) is 238 cm³/mol. The van der Waals surface area contributed by atoms with Gasteiger partial charge < -0.3 is 0 Å². The number of benzene rings is 8. The van der Waals surface area contributed by atoms with E-state index in [0.717, 1.165) is 0 Å². The van der Waals surface area contributed by atoms with E-state index in [0.29, 0.717) is 9.13 Å². The molecule has 268 valence electrons. The van der Waals surface area contributed by atoms with Gasteiger partial charge in [-0.1, -0.05) is 0 Å². The summed E-state index contributed by atoms with van der Waals surface area (Å²) in [5.74, 6) is -3.44. The van der Waals surface area contributed by atoms with Crippen LogP contribution in [0.1, 0.15) is 48.0 Å². The normalized spacial score (nSPS) is 20.5. The van der Waals surface area contributed by atoms with E-state index < -0.39 is 309 Å². The molecule has 11 aromatic rings. The van der Waals surface area contributed by atoms with Crippen LogP contribution in [0.25, 0.3) is 66.9 Å². The van der Waals surface area contributed by atoms with Crippen LogP contribution >= 0.6 is 0 Å². The molecule has 0 spiro atoms. The number of aromatic nitrogens is 5. The van der Waals surface area contributed by atoms with Crippen LogP contribution in [0.2, 0.25) is 0 Å². The van der Waals surface area contributed by atoms with Crippen molar-refractivity contribution in [3.63, 3.8) is 0 Å². The molecule has 0 amide bonds. The molecule has 0 aliphatic rings. The Bertz CT molecular complexity index is 4720. The summed E-state index contributed by atoms with van der Waals surface area (Å²) in [6.07, 6.45) is 0. The van der Waals surface area contributed by atoms with Crippen molar-refractivity contribution in [2.45, 2.75) is 0 Å². The molecule has 0 aliphatic carbocycles. The first-order valence-electron chi connectivity index (χ1n) is 33.9. The molecule has 8 aromatic carbocycles. The fraction of sp³-hybridized carbons (Fsp3) is 0. The van der Waals surface area contributed by atoms with E-state index in [4.69, 9.17) is 28.8 Å². The molecule has 0 N–H and O–H groups in total. The average Bonchev–Trinajstić information content (AvgIpc) is 0.793. The molecular weight excluding hydrogens is 755 g/mol. The summed E-state index contributed by atoms with van der Waals surface area (Å²) >= 11 is -7.57. The van der Waals surface area contributed by atoms with E-state index in [-0.39, 0.29) is 0 Å². The Hall–Kier alpha value is -7.09. The van der Waals surface area contributed by atoms with E-state index in [1.807, 2.05) is 0 Å². The van der Waals surface area contributed by atoms with Crippen LogP contribution in [0.15, 0.2) is 211 Å². The van der Waals surface area contributed by atoms with E-state index in [1.165, 1.54) is 0 Å². The number of nitrogens with zero attached hydrogens (tertiary/aromatic N) is 5. The Morgan fingerprint density at radius 1 is 0.333 bits per heavy atom. The molecule has 0 bridgehead atoms. The van der Waals surface area contributed by atoms with Crippen molar-refractivity contribution >= 4 is 74.5 Å². The van der Waals surface area contributed by atoms with Gasteiger partial charge >= 0.3 is 381 Å². The van der Waals surface area contributed by atoms with E-state index in [2.05, 4.69) is 15.0 Å². The second-order valence-corrected chi connectivity index (χ2v) is 19.2. The van der Waals surface area contributed by atoms with E-state index >= 15 is 0 Å². The minimum absolute atomic E-state index is 0.619. The molecule has 0 aliphatic heterocycles. The van der Waals surface area contributed by atoms with Gasteiger partial charge in [-0.15, -0.1) is 0 Å². The molecule has 57 heavy (non-hydrogen) atoms. The standard InChI is InChI=1S/C51H35GeN5/c1-4-20-37(21-5-1)52(38-22-6-2-7-23-38,39-24-8-3-9-25-39)40-26-18-19-36(35-40)49-53-50(56-45-31-14-10-27-41(45)42-28-11-15-32-46(42)56)55-51(54-49)57-47-33-16-12-29-43(47)44-30-13-17-34-48(44)57/h1-35H/i1D,2D,3D,4D,5D,6D,7D,8D,9D,10D,11D,12D,13D,14D,15D,16D,17D,18D,19D,20D,21D,22D,23D,24D,25D,26D,27D,28D,29D,30D,31D,32D,33D,34D,35D. The summed E-state index contributed by atoms with van der Waals surface area (Å²) < 4.78 is 318. The quantitative estimate of drug-likeness (QED) is 0.151. The Morgan fingerprint density at radius 3 is 1.05 bits per heavy atom. The molecule has 0 unspecified atom stereocenters. The van der Waals surface area contributed by atoms with Crippen LogP contribution in [0, 0.1) is 0 Å². The predicted octanol–water partition coefficient (Wildman–Crippen LogP) is 9.11. The summed E-state index contributed by atoms with van der Waals surface area (Å²) in [5.41, 5.74) is -4.21. The Kier molecular flexibility index (Phi) is 3.16. The third-order valence-electron chi connectivity index (χ3n) is 8.93. The summed E-state index contributed by atoms with van der Waals surface area (Å²) in [4.78, 5) is 13.7. The summed E-state index contributed by atoms with van der Waals surface area (Å²) in [7, 11) is 0. The first-order valence-corrected chi connectivity index (χ1v) is 20.6. The zero-order valence-corrected chi connectivity index (χ0v) is 30.3. The Balaban J connectivity index is 1.49. The van der Waals surface area contributed by atoms with Crippen molar-refractivity contribution in [1.82, 2.24) is 24.1 Å². The van der Waals surface area contributed by atoms with Crippen molar-refractivity contribution < 1.29 is 48.0 Å². The van der Waals surface area contributed by atoms with Crippen molar-refractivity contribution in [1.29, 1.82) is 0 Å². The first-order chi connectivity index (χ1) is 42.8. The van der Waals surface area contributed by atoms with Crippen LogP contribution in [0.4, 0.5) is 0 Å². The number of para-hydroxylation sites is 4. The Morgan fingerprint density at radius 2 is 0.667 bits per heavy atom. The van der Waals surface area contributed by atoms with Crippen LogP contribution < -0.4 is 17.6 Å². The molecule has 0 radical (unpaired) electrons. The second kappa shape index (κ2) is 13.6. The van der Waals surface area contributed by atoms with E-state index in [9.17, 15) is 19.2 Å². The van der Waals surface area contributed by atoms with Gasteiger partial charge in [-0.25, -0.2) is 0 Å². The van der Waals surface area contributed by atoms with Crippen LogP contribution in [-0.2, 0) is 0 Å². The minimum atomic E-state index is -7.57. The molecule has 0 saturated heterocycles. The molecule has 6 heteroatoms. The molecule has 0 saturated carbocycles. The van der Waals surface area contributed by atoms with Gasteiger partial charge in [0.1, 0.15) is 0 Å². The molecule has 11 rings (SSSR count). The van der Waals surface area contributed by atoms with Gasteiger partial charge in [-0.05, 0) is 0 Å². The molecular formula is C51H35GeN5. The molecule has 3 aromatic heterocycles. The van der Waals surface area contributed by atoms with Gasteiger partial charge in [0.15, 0.2) is 0 Å². The van der Waals surface area contributed by atoms with Gasteiger partial charge in [0.05, 0.1) is 0 Å².